The van der Waals surface area contributed by atoms with Gasteiger partial charge < -0.3 is 13.8 Å². The molecule has 0 heterocycles. The first-order valence-electron chi connectivity index (χ1n) is 3.33. The van der Waals surface area contributed by atoms with E-state index in [-0.39, 0.29) is 38.3 Å². The van der Waals surface area contributed by atoms with Gasteiger partial charge in [-0.3, -0.25) is 0 Å². The molecule has 1 radical (unpaired) electrons. The molecule has 0 saturated carbocycles. The summed E-state index contributed by atoms with van der Waals surface area (Å²) in [5.74, 6) is -3.30. The molecule has 0 saturated heterocycles. The van der Waals surface area contributed by atoms with E-state index in [0.29, 0.717) is 0 Å². The molecule has 0 aromatic heterocycles. The molecule has 0 aliphatic rings. The van der Waals surface area contributed by atoms with Crippen LogP contribution in [0.4, 0.5) is 26.3 Å². The Morgan fingerprint density at radius 1 is 0.933 bits per heavy atom. The van der Waals surface area contributed by atoms with Gasteiger partial charge in [-0.05, 0) is 0 Å². The van der Waals surface area contributed by atoms with E-state index >= 15 is 0 Å². The first kappa shape index (κ1) is 24.9. The topological polar surface area (TPSA) is 0 Å². The van der Waals surface area contributed by atoms with Crippen LogP contribution < -0.4 is 0 Å². The third-order valence-corrected chi connectivity index (χ3v) is 1.08. The smallest absolute Gasteiger partial charge is 0.346 e. The first-order chi connectivity index (χ1) is 5.69. The van der Waals surface area contributed by atoms with Gasteiger partial charge in [0.15, 0.2) is 0 Å². The Labute approximate surface area is 110 Å². The zero-order valence-corrected chi connectivity index (χ0v) is 11.6. The van der Waals surface area contributed by atoms with Crippen LogP contribution in [0.25, 0.3) is 0 Å². The van der Waals surface area contributed by atoms with E-state index in [9.17, 15) is 26.3 Å². The fraction of sp³-hybridized carbons (Fsp3) is 0.714. The Balaban J connectivity index is -0.000000142. The van der Waals surface area contributed by atoms with Crippen molar-refractivity contribution in [1.82, 2.24) is 0 Å². The molecule has 0 fully saturated rings. The molecule has 0 rings (SSSR count). The maximum Gasteiger partial charge on any atom is 2.00 e. The average Bonchev–Trinajstić information content (AvgIpc) is 1.86. The van der Waals surface area contributed by atoms with Gasteiger partial charge in [-0.2, -0.15) is 39.7 Å². The number of hydrogen-bond donors (Lipinski definition) is 0. The van der Waals surface area contributed by atoms with Crippen LogP contribution in [-0.4, -0.2) is 31.2 Å². The van der Waals surface area contributed by atoms with Crippen molar-refractivity contribution in [1.29, 1.82) is 0 Å². The Morgan fingerprint density at radius 3 is 1.13 bits per heavy atom. The zero-order chi connectivity index (χ0) is 11.3. The van der Waals surface area contributed by atoms with Crippen LogP contribution in [0.5, 0.6) is 0 Å². The van der Waals surface area contributed by atoms with Gasteiger partial charge >= 0.3 is 31.8 Å². The molecule has 83 valence electrons. The molecule has 0 aliphatic carbocycles. The van der Waals surface area contributed by atoms with E-state index in [1.165, 1.54) is 0 Å². The van der Waals surface area contributed by atoms with Gasteiger partial charge in [-0.25, -0.2) is 0 Å². The van der Waals surface area contributed by atoms with Crippen molar-refractivity contribution >= 4 is 18.9 Å². The largest absolute Gasteiger partial charge is 2.00 e. The van der Waals surface area contributed by atoms with E-state index < -0.39 is 24.7 Å². The van der Waals surface area contributed by atoms with Crippen LogP contribution in [0.2, 0.25) is 0 Å². The summed E-state index contributed by atoms with van der Waals surface area (Å²) in [7, 11) is 0. The van der Waals surface area contributed by atoms with Gasteiger partial charge in [0.2, 0.25) is 0 Å². The fourth-order valence-electron chi connectivity index (χ4n) is 0.513. The molecule has 0 aromatic rings. The van der Waals surface area contributed by atoms with Crippen LogP contribution in [0.1, 0.15) is 13.3 Å². The molecule has 0 atom stereocenters. The van der Waals surface area contributed by atoms with Crippen molar-refractivity contribution < 1.29 is 45.8 Å². The van der Waals surface area contributed by atoms with Crippen LogP contribution in [-0.2, 0) is 19.5 Å². The van der Waals surface area contributed by atoms with E-state index in [0.717, 1.165) is 0 Å². The van der Waals surface area contributed by atoms with Crippen molar-refractivity contribution in [2.75, 3.05) is 0 Å². The number of halogens is 6. The van der Waals surface area contributed by atoms with Gasteiger partial charge in [-0.1, -0.05) is 0 Å². The average molecular weight is 280 g/mol. The van der Waals surface area contributed by atoms with Crippen LogP contribution in [0.15, 0.2) is 0 Å². The Hall–Kier alpha value is 0.801. The molecule has 0 amide bonds. The number of rotatable bonds is 1. The Kier molecular flexibility index (Phi) is 16.5. The summed E-state index contributed by atoms with van der Waals surface area (Å²) in [6.45, 7) is 7.58. The van der Waals surface area contributed by atoms with E-state index in [4.69, 9.17) is 0 Å². The Bertz CT molecular complexity index is 118. The molecule has 0 aliphatic heterocycles. The van der Waals surface area contributed by atoms with Crippen LogP contribution in [0, 0.1) is 19.8 Å². The SMILES string of the molecule is [CH2-]C.[CH2-]CC(C(F)(F)F)C(F)(F)F.[Li].[Zn+2]. The minimum absolute atomic E-state index is 0. The molecule has 0 aromatic carbocycles. The summed E-state index contributed by atoms with van der Waals surface area (Å²) < 4.78 is 68.7. The van der Waals surface area contributed by atoms with Crippen molar-refractivity contribution in [3.8, 4) is 0 Å². The molecule has 0 unspecified atom stereocenters. The van der Waals surface area contributed by atoms with Gasteiger partial charge in [-0.15, -0.1) is 0 Å². The molecule has 0 nitrogen and oxygen atoms in total. The minimum atomic E-state index is -5.24. The van der Waals surface area contributed by atoms with Crippen molar-refractivity contribution in [2.45, 2.75) is 25.7 Å². The first-order valence-corrected chi connectivity index (χ1v) is 3.33. The zero-order valence-electron chi connectivity index (χ0n) is 8.67. The summed E-state index contributed by atoms with van der Waals surface area (Å²) in [5.41, 5.74) is 0. The molecule has 0 N–H and O–H groups in total. The third kappa shape index (κ3) is 11.1. The van der Waals surface area contributed by atoms with Gasteiger partial charge in [0.25, 0.3) is 0 Å². The van der Waals surface area contributed by atoms with Gasteiger partial charge in [0.05, 0.1) is 0 Å². The van der Waals surface area contributed by atoms with E-state index in [1.54, 1.807) is 6.92 Å². The van der Waals surface area contributed by atoms with Crippen LogP contribution in [0.3, 0.4) is 0 Å². The van der Waals surface area contributed by atoms with Crippen molar-refractivity contribution in [3.05, 3.63) is 13.8 Å². The molecule has 8 heteroatoms. The fourth-order valence-corrected chi connectivity index (χ4v) is 0.513. The monoisotopic (exact) mass is 279 g/mol. The van der Waals surface area contributed by atoms with E-state index in [1.807, 2.05) is 0 Å². The van der Waals surface area contributed by atoms with Gasteiger partial charge in [0.1, 0.15) is 5.92 Å². The predicted molar refractivity (Wildman–Crippen MR) is 42.4 cm³/mol. The second-order valence-electron chi connectivity index (χ2n) is 1.92. The molecule has 0 spiro atoms. The quantitative estimate of drug-likeness (QED) is 0.392. The molecule has 15 heavy (non-hydrogen) atoms. The Morgan fingerprint density at radius 2 is 1.13 bits per heavy atom. The molecular weight excluding hydrogens is 270 g/mol. The molecular formula is C7H10F6LiZn. The summed E-state index contributed by atoms with van der Waals surface area (Å²) in [5, 5.41) is 0. The number of alkyl halides is 6. The van der Waals surface area contributed by atoms with Crippen molar-refractivity contribution in [2.24, 2.45) is 5.92 Å². The maximum absolute atomic E-state index is 11.5. The maximum atomic E-state index is 11.5. The predicted octanol–water partition coefficient (Wildman–Crippen LogP) is 3.41. The van der Waals surface area contributed by atoms with Crippen molar-refractivity contribution in [3.63, 3.8) is 0 Å². The third-order valence-electron chi connectivity index (χ3n) is 1.08. The summed E-state index contributed by atoms with van der Waals surface area (Å²) in [6.07, 6.45) is -11.7. The summed E-state index contributed by atoms with van der Waals surface area (Å²) >= 11 is 0. The second-order valence-corrected chi connectivity index (χ2v) is 1.92. The normalized spacial score (nSPS) is 10.8. The van der Waals surface area contributed by atoms with Crippen LogP contribution >= 0.6 is 0 Å². The summed E-state index contributed by atoms with van der Waals surface area (Å²) in [4.78, 5) is 0. The summed E-state index contributed by atoms with van der Waals surface area (Å²) in [6, 6.07) is 0. The van der Waals surface area contributed by atoms with E-state index in [2.05, 4.69) is 13.8 Å². The van der Waals surface area contributed by atoms with Gasteiger partial charge in [0, 0.05) is 18.9 Å². The second kappa shape index (κ2) is 9.99. The standard InChI is InChI=1S/C5H5F6.C2H5.Li.Zn/c1-2-3(4(6,7)8)5(9,10)11;1-2;;/h3H,1-2H2;1H2,2H3;;/q2*-1;;+2. The number of hydrogen-bond acceptors (Lipinski definition) is 0. The minimum Gasteiger partial charge on any atom is -0.346 e. The molecule has 0 bridgehead atoms.